The molecule has 1 aliphatic rings. The van der Waals surface area contributed by atoms with Crippen LogP contribution in [0.4, 0.5) is 0 Å². The van der Waals surface area contributed by atoms with Crippen LogP contribution in [0.25, 0.3) is 10.9 Å². The number of ether oxygens (including phenoxy) is 1. The van der Waals surface area contributed by atoms with Gasteiger partial charge in [0.1, 0.15) is 0 Å². The zero-order valence-electron chi connectivity index (χ0n) is 11.7. The van der Waals surface area contributed by atoms with Crippen LogP contribution in [0.2, 0.25) is 0 Å². The van der Waals surface area contributed by atoms with Crippen LogP contribution in [0.1, 0.15) is 17.7 Å². The highest BCUT2D eigenvalue weighted by Gasteiger charge is 2.21. The predicted octanol–water partition coefficient (Wildman–Crippen LogP) is 1.62. The van der Waals surface area contributed by atoms with E-state index in [9.17, 15) is 0 Å². The van der Waals surface area contributed by atoms with Crippen molar-refractivity contribution in [2.24, 2.45) is 0 Å². The molecule has 1 heterocycles. The Labute approximate surface area is 119 Å². The van der Waals surface area contributed by atoms with Crippen LogP contribution in [0.15, 0.2) is 24.3 Å². The summed E-state index contributed by atoms with van der Waals surface area (Å²) in [6.45, 7) is 2.04. The summed E-state index contributed by atoms with van der Waals surface area (Å²) in [6, 6.07) is 9.07. The topological polar surface area (TPSA) is 57.3 Å². The van der Waals surface area contributed by atoms with E-state index in [-0.39, 0.29) is 6.61 Å². The molecule has 0 aliphatic heterocycles. The van der Waals surface area contributed by atoms with Crippen molar-refractivity contribution in [2.45, 2.75) is 25.3 Å². The number of aliphatic hydroxyl groups is 1. The van der Waals surface area contributed by atoms with Gasteiger partial charge in [-0.15, -0.1) is 0 Å². The molecule has 0 bridgehead atoms. The second-order valence-electron chi connectivity index (χ2n) is 5.36. The Morgan fingerprint density at radius 2 is 2.20 bits per heavy atom. The quantitative estimate of drug-likeness (QED) is 0.702. The summed E-state index contributed by atoms with van der Waals surface area (Å²) < 4.78 is 5.28. The molecule has 1 atom stereocenters. The van der Waals surface area contributed by atoms with E-state index in [1.807, 2.05) is 0 Å². The number of hydrogen-bond acceptors (Lipinski definition) is 3. The van der Waals surface area contributed by atoms with Crippen molar-refractivity contribution in [1.82, 2.24) is 10.3 Å². The average Bonchev–Trinajstić information content (AvgIpc) is 2.85. The van der Waals surface area contributed by atoms with Gasteiger partial charge in [-0.25, -0.2) is 0 Å². The maximum absolute atomic E-state index is 8.65. The van der Waals surface area contributed by atoms with Crippen LogP contribution in [0.3, 0.4) is 0 Å². The fourth-order valence-electron chi connectivity index (χ4n) is 3.05. The Kier molecular flexibility index (Phi) is 4.35. The highest BCUT2D eigenvalue weighted by molar-refractivity contribution is 5.84. The zero-order chi connectivity index (χ0) is 13.8. The molecule has 1 unspecified atom stereocenters. The van der Waals surface area contributed by atoms with Crippen LogP contribution >= 0.6 is 0 Å². The summed E-state index contributed by atoms with van der Waals surface area (Å²) in [4.78, 5) is 3.54. The predicted molar refractivity (Wildman–Crippen MR) is 80.0 cm³/mol. The lowest BCUT2D eigenvalue weighted by Crippen LogP contribution is -2.36. The summed E-state index contributed by atoms with van der Waals surface area (Å²) in [5.41, 5.74) is 4.13. The highest BCUT2D eigenvalue weighted by Crippen LogP contribution is 2.28. The fourth-order valence-corrected chi connectivity index (χ4v) is 3.05. The van der Waals surface area contributed by atoms with Crippen molar-refractivity contribution in [3.8, 4) is 0 Å². The van der Waals surface area contributed by atoms with Crippen LogP contribution in [0.5, 0.6) is 0 Å². The summed E-state index contributed by atoms with van der Waals surface area (Å²) >= 11 is 0. The van der Waals surface area contributed by atoms with Crippen LogP contribution in [-0.2, 0) is 17.6 Å². The third-order valence-electron chi connectivity index (χ3n) is 4.01. The number of fused-ring (bicyclic) bond motifs is 3. The molecule has 1 aromatic carbocycles. The monoisotopic (exact) mass is 274 g/mol. The first kappa shape index (κ1) is 13.6. The summed E-state index contributed by atoms with van der Waals surface area (Å²) in [5, 5.41) is 13.6. The summed E-state index contributed by atoms with van der Waals surface area (Å²) in [5.74, 6) is 0. The molecule has 0 spiro atoms. The smallest absolute Gasteiger partial charge is 0.0698 e. The van der Waals surface area contributed by atoms with Crippen LogP contribution < -0.4 is 5.32 Å². The minimum Gasteiger partial charge on any atom is -0.394 e. The van der Waals surface area contributed by atoms with E-state index < -0.39 is 0 Å². The molecule has 4 nitrogen and oxygen atoms in total. The largest absolute Gasteiger partial charge is 0.394 e. The number of aromatic nitrogens is 1. The second-order valence-corrected chi connectivity index (χ2v) is 5.36. The van der Waals surface area contributed by atoms with Crippen LogP contribution in [0, 0.1) is 0 Å². The molecule has 0 fully saturated rings. The Morgan fingerprint density at radius 3 is 3.10 bits per heavy atom. The number of aliphatic hydroxyl groups excluding tert-OH is 1. The lowest BCUT2D eigenvalue weighted by Gasteiger charge is -2.23. The number of H-pyrrole nitrogens is 1. The first-order valence-corrected chi connectivity index (χ1v) is 7.39. The van der Waals surface area contributed by atoms with Gasteiger partial charge < -0.3 is 20.1 Å². The maximum atomic E-state index is 8.65. The Morgan fingerprint density at radius 1 is 1.30 bits per heavy atom. The molecule has 2 aromatic rings. The van der Waals surface area contributed by atoms with Crippen molar-refractivity contribution in [3.63, 3.8) is 0 Å². The van der Waals surface area contributed by atoms with E-state index in [4.69, 9.17) is 9.84 Å². The van der Waals surface area contributed by atoms with Gasteiger partial charge in [-0.2, -0.15) is 0 Å². The standard InChI is InChI=1S/C16H22N2O2/c19-8-10-20-9-7-17-12-5-6-16-14(11-12)13-3-1-2-4-15(13)18-16/h1-4,12,17-19H,5-11H2. The minimum absolute atomic E-state index is 0.0993. The Balaban J connectivity index is 1.60. The van der Waals surface area contributed by atoms with Gasteiger partial charge in [-0.1, -0.05) is 18.2 Å². The summed E-state index contributed by atoms with van der Waals surface area (Å²) in [6.07, 6.45) is 3.36. The Bertz CT molecular complexity index is 565. The van der Waals surface area contributed by atoms with Crippen molar-refractivity contribution in [1.29, 1.82) is 0 Å². The minimum atomic E-state index is 0.0993. The number of benzene rings is 1. The van der Waals surface area contributed by atoms with Gasteiger partial charge in [0.2, 0.25) is 0 Å². The van der Waals surface area contributed by atoms with Gasteiger partial charge in [0.05, 0.1) is 19.8 Å². The molecule has 3 N–H and O–H groups in total. The van der Waals surface area contributed by atoms with Crippen molar-refractivity contribution in [3.05, 3.63) is 35.5 Å². The van der Waals surface area contributed by atoms with Crippen molar-refractivity contribution in [2.75, 3.05) is 26.4 Å². The fraction of sp³-hybridized carbons (Fsp3) is 0.500. The highest BCUT2D eigenvalue weighted by atomic mass is 16.5. The molecular weight excluding hydrogens is 252 g/mol. The third-order valence-corrected chi connectivity index (χ3v) is 4.01. The van der Waals surface area contributed by atoms with Gasteiger partial charge in [-0.05, 0) is 30.9 Å². The van der Waals surface area contributed by atoms with Gasteiger partial charge in [0.15, 0.2) is 0 Å². The molecule has 20 heavy (non-hydrogen) atoms. The lowest BCUT2D eigenvalue weighted by molar-refractivity contribution is 0.0923. The summed E-state index contributed by atoms with van der Waals surface area (Å²) in [7, 11) is 0. The molecule has 0 radical (unpaired) electrons. The van der Waals surface area contributed by atoms with E-state index in [2.05, 4.69) is 34.6 Å². The maximum Gasteiger partial charge on any atom is 0.0698 e. The van der Waals surface area contributed by atoms with Gasteiger partial charge >= 0.3 is 0 Å². The number of aromatic amines is 1. The molecule has 0 amide bonds. The van der Waals surface area contributed by atoms with E-state index in [0.29, 0.717) is 19.3 Å². The lowest BCUT2D eigenvalue weighted by atomic mass is 9.91. The van der Waals surface area contributed by atoms with E-state index in [1.54, 1.807) is 0 Å². The van der Waals surface area contributed by atoms with Gasteiger partial charge in [-0.3, -0.25) is 0 Å². The number of aryl methyl sites for hydroxylation is 1. The van der Waals surface area contributed by atoms with Crippen molar-refractivity contribution >= 4 is 10.9 Å². The molecule has 1 aromatic heterocycles. The normalized spacial score (nSPS) is 18.4. The number of hydrogen-bond donors (Lipinski definition) is 3. The SMILES string of the molecule is OCCOCCNC1CCc2[nH]c3ccccc3c2C1. The molecular formula is C16H22N2O2. The molecule has 0 saturated carbocycles. The van der Waals surface area contributed by atoms with Gasteiger partial charge in [0, 0.05) is 29.2 Å². The second kappa shape index (κ2) is 6.39. The number of para-hydroxylation sites is 1. The molecule has 1 aliphatic carbocycles. The first-order chi connectivity index (χ1) is 9.88. The molecule has 4 heteroatoms. The first-order valence-electron chi connectivity index (χ1n) is 7.39. The van der Waals surface area contributed by atoms with E-state index >= 15 is 0 Å². The van der Waals surface area contributed by atoms with Crippen LogP contribution in [-0.4, -0.2) is 42.5 Å². The third kappa shape index (κ3) is 2.87. The molecule has 0 saturated heterocycles. The van der Waals surface area contributed by atoms with Gasteiger partial charge in [0.25, 0.3) is 0 Å². The average molecular weight is 274 g/mol. The Hall–Kier alpha value is -1.36. The number of nitrogens with one attached hydrogen (secondary N) is 2. The van der Waals surface area contributed by atoms with E-state index in [1.165, 1.54) is 28.6 Å². The molecule has 3 rings (SSSR count). The zero-order valence-corrected chi connectivity index (χ0v) is 11.7. The molecule has 108 valence electrons. The van der Waals surface area contributed by atoms with E-state index in [0.717, 1.165) is 19.4 Å². The number of rotatable bonds is 6. The van der Waals surface area contributed by atoms with Crippen molar-refractivity contribution < 1.29 is 9.84 Å².